The molecule has 1 rings (SSSR count). The van der Waals surface area contributed by atoms with Crippen LogP contribution < -0.4 is 5.32 Å². The standard InChI is InChI=1S/C13H24N4O3/c1-8(14-12(18)19-13(3,4)5)10-15-11(20-16-10)9(2)17(6)7/h8-9H,1-7H3,(H,14,18)/t8-,9-/m0/s1. The van der Waals surface area contributed by atoms with Crippen LogP contribution in [0, 0.1) is 0 Å². The van der Waals surface area contributed by atoms with Crippen LogP contribution in [0.3, 0.4) is 0 Å². The highest BCUT2D eigenvalue weighted by atomic mass is 16.6. The van der Waals surface area contributed by atoms with Gasteiger partial charge in [-0.3, -0.25) is 4.90 Å². The SMILES string of the molecule is C[C@H](NC(=O)OC(C)(C)C)c1noc([C@H](C)N(C)C)n1. The summed E-state index contributed by atoms with van der Waals surface area (Å²) in [5.41, 5.74) is -0.536. The van der Waals surface area contributed by atoms with Crippen molar-refractivity contribution in [1.82, 2.24) is 20.4 Å². The highest BCUT2D eigenvalue weighted by Gasteiger charge is 2.22. The Bertz CT molecular complexity index is 451. The van der Waals surface area contributed by atoms with Gasteiger partial charge in [0.1, 0.15) is 5.60 Å². The summed E-state index contributed by atoms with van der Waals surface area (Å²) in [5, 5.41) is 6.56. The predicted octanol–water partition coefficient (Wildman–Crippen LogP) is 2.28. The predicted molar refractivity (Wildman–Crippen MR) is 74.2 cm³/mol. The van der Waals surface area contributed by atoms with Crippen LogP contribution >= 0.6 is 0 Å². The van der Waals surface area contributed by atoms with Gasteiger partial charge in [0.25, 0.3) is 0 Å². The number of hydrogen-bond donors (Lipinski definition) is 1. The topological polar surface area (TPSA) is 80.5 Å². The minimum atomic E-state index is -0.536. The molecule has 0 radical (unpaired) electrons. The molecular weight excluding hydrogens is 260 g/mol. The minimum absolute atomic E-state index is 0.0185. The lowest BCUT2D eigenvalue weighted by atomic mass is 10.2. The molecule has 0 saturated carbocycles. The highest BCUT2D eigenvalue weighted by Crippen LogP contribution is 2.17. The quantitative estimate of drug-likeness (QED) is 0.913. The number of amides is 1. The average Bonchev–Trinajstić information content (AvgIpc) is 2.73. The van der Waals surface area contributed by atoms with Crippen LogP contribution in [-0.4, -0.2) is 40.8 Å². The maximum atomic E-state index is 11.7. The molecule has 7 heteroatoms. The second-order valence-corrected chi connectivity index (χ2v) is 6.00. The summed E-state index contributed by atoms with van der Waals surface area (Å²) >= 11 is 0. The number of nitrogens with zero attached hydrogens (tertiary/aromatic N) is 3. The molecule has 2 atom stereocenters. The first-order chi connectivity index (χ1) is 9.10. The molecule has 0 unspecified atom stereocenters. The van der Waals surface area contributed by atoms with Crippen LogP contribution in [0.2, 0.25) is 0 Å². The molecule has 1 aromatic rings. The van der Waals surface area contributed by atoms with Crippen LogP contribution in [0.15, 0.2) is 4.52 Å². The summed E-state index contributed by atoms with van der Waals surface area (Å²) in [6.07, 6.45) is -0.503. The molecule has 114 valence electrons. The maximum Gasteiger partial charge on any atom is 0.408 e. The van der Waals surface area contributed by atoms with Gasteiger partial charge in [0.05, 0.1) is 12.1 Å². The molecule has 0 bridgehead atoms. The second kappa shape index (κ2) is 6.21. The van der Waals surface area contributed by atoms with Crippen molar-refractivity contribution in [3.05, 3.63) is 11.7 Å². The lowest BCUT2D eigenvalue weighted by molar-refractivity contribution is 0.0505. The third-order valence-corrected chi connectivity index (χ3v) is 2.71. The van der Waals surface area contributed by atoms with Gasteiger partial charge in [-0.25, -0.2) is 4.79 Å². The van der Waals surface area contributed by atoms with Crippen molar-refractivity contribution >= 4 is 6.09 Å². The van der Waals surface area contributed by atoms with Gasteiger partial charge in [-0.15, -0.1) is 0 Å². The summed E-state index contributed by atoms with van der Waals surface area (Å²) in [6.45, 7) is 9.16. The smallest absolute Gasteiger partial charge is 0.408 e. The number of aromatic nitrogens is 2. The molecule has 1 aromatic heterocycles. The number of alkyl carbamates (subject to hydrolysis) is 1. The molecule has 1 heterocycles. The third kappa shape index (κ3) is 4.80. The number of carbonyl (C=O) groups excluding carboxylic acids is 1. The van der Waals surface area contributed by atoms with Gasteiger partial charge in [-0.2, -0.15) is 4.98 Å². The molecule has 1 amide bonds. The van der Waals surface area contributed by atoms with Crippen molar-refractivity contribution in [1.29, 1.82) is 0 Å². The van der Waals surface area contributed by atoms with Gasteiger partial charge in [0.15, 0.2) is 5.82 Å². The van der Waals surface area contributed by atoms with E-state index in [0.29, 0.717) is 11.7 Å². The zero-order valence-corrected chi connectivity index (χ0v) is 13.2. The molecule has 0 saturated heterocycles. The van der Waals surface area contributed by atoms with Gasteiger partial charge in [-0.1, -0.05) is 5.16 Å². The van der Waals surface area contributed by atoms with E-state index >= 15 is 0 Å². The monoisotopic (exact) mass is 284 g/mol. The zero-order chi connectivity index (χ0) is 15.5. The van der Waals surface area contributed by atoms with Crippen LogP contribution in [-0.2, 0) is 4.74 Å². The lowest BCUT2D eigenvalue weighted by Crippen LogP contribution is -2.34. The van der Waals surface area contributed by atoms with Gasteiger partial charge >= 0.3 is 6.09 Å². The molecule has 1 N–H and O–H groups in total. The average molecular weight is 284 g/mol. The Morgan fingerprint density at radius 2 is 1.95 bits per heavy atom. The Hall–Kier alpha value is -1.63. The number of carbonyl (C=O) groups is 1. The Morgan fingerprint density at radius 3 is 2.45 bits per heavy atom. The summed E-state index contributed by atoms with van der Waals surface area (Å²) in [6, 6.07) is -0.360. The second-order valence-electron chi connectivity index (χ2n) is 6.00. The van der Waals surface area contributed by atoms with Crippen molar-refractivity contribution in [2.45, 2.75) is 52.3 Å². The first-order valence-electron chi connectivity index (χ1n) is 6.59. The Labute approximate surface area is 119 Å². The van der Waals surface area contributed by atoms with Crippen LogP contribution in [0.1, 0.15) is 58.4 Å². The summed E-state index contributed by atoms with van der Waals surface area (Å²) in [7, 11) is 3.85. The van der Waals surface area contributed by atoms with Gasteiger partial charge in [-0.05, 0) is 48.7 Å². The van der Waals surface area contributed by atoms with Gasteiger partial charge < -0.3 is 14.6 Å². The first kappa shape index (κ1) is 16.4. The number of nitrogens with one attached hydrogen (secondary N) is 1. The van der Waals surface area contributed by atoms with E-state index in [9.17, 15) is 4.79 Å². The summed E-state index contributed by atoms with van der Waals surface area (Å²) in [4.78, 5) is 17.9. The number of hydrogen-bond acceptors (Lipinski definition) is 6. The van der Waals surface area contributed by atoms with E-state index in [2.05, 4.69) is 15.5 Å². The Morgan fingerprint density at radius 1 is 1.35 bits per heavy atom. The molecular formula is C13H24N4O3. The van der Waals surface area contributed by atoms with Crippen molar-refractivity contribution in [2.24, 2.45) is 0 Å². The Balaban J connectivity index is 2.65. The van der Waals surface area contributed by atoms with E-state index in [1.807, 2.05) is 46.7 Å². The van der Waals surface area contributed by atoms with Crippen molar-refractivity contribution in [3.63, 3.8) is 0 Å². The number of ether oxygens (including phenoxy) is 1. The van der Waals surface area contributed by atoms with E-state index in [1.165, 1.54) is 0 Å². The van der Waals surface area contributed by atoms with E-state index in [-0.39, 0.29) is 12.1 Å². The molecule has 0 spiro atoms. The van der Waals surface area contributed by atoms with Crippen LogP contribution in [0.25, 0.3) is 0 Å². The zero-order valence-electron chi connectivity index (χ0n) is 13.2. The molecule has 20 heavy (non-hydrogen) atoms. The summed E-state index contributed by atoms with van der Waals surface area (Å²) < 4.78 is 10.4. The molecule has 0 aliphatic rings. The molecule has 0 aromatic carbocycles. The molecule has 0 aliphatic carbocycles. The molecule has 7 nitrogen and oxygen atoms in total. The minimum Gasteiger partial charge on any atom is -0.444 e. The van der Waals surface area contributed by atoms with E-state index in [4.69, 9.17) is 9.26 Å². The van der Waals surface area contributed by atoms with E-state index in [1.54, 1.807) is 6.92 Å². The maximum absolute atomic E-state index is 11.7. The molecule has 0 fully saturated rings. The highest BCUT2D eigenvalue weighted by molar-refractivity contribution is 5.68. The largest absolute Gasteiger partial charge is 0.444 e. The fraction of sp³-hybridized carbons (Fsp3) is 0.769. The van der Waals surface area contributed by atoms with E-state index in [0.717, 1.165) is 0 Å². The normalized spacial score (nSPS) is 15.0. The van der Waals surface area contributed by atoms with E-state index < -0.39 is 11.7 Å². The number of rotatable bonds is 4. The van der Waals surface area contributed by atoms with Crippen molar-refractivity contribution in [2.75, 3.05) is 14.1 Å². The third-order valence-electron chi connectivity index (χ3n) is 2.71. The van der Waals surface area contributed by atoms with Crippen molar-refractivity contribution < 1.29 is 14.1 Å². The lowest BCUT2D eigenvalue weighted by Gasteiger charge is -2.21. The fourth-order valence-corrected chi connectivity index (χ4v) is 1.36. The van der Waals surface area contributed by atoms with Gasteiger partial charge in [0.2, 0.25) is 5.89 Å². The fourth-order valence-electron chi connectivity index (χ4n) is 1.36. The van der Waals surface area contributed by atoms with Gasteiger partial charge in [0, 0.05) is 0 Å². The Kier molecular flexibility index (Phi) is 5.10. The van der Waals surface area contributed by atoms with Crippen LogP contribution in [0.5, 0.6) is 0 Å². The van der Waals surface area contributed by atoms with Crippen molar-refractivity contribution in [3.8, 4) is 0 Å². The summed E-state index contributed by atoms with van der Waals surface area (Å²) in [5.74, 6) is 0.947. The van der Waals surface area contributed by atoms with Crippen LogP contribution in [0.4, 0.5) is 4.79 Å². The first-order valence-corrected chi connectivity index (χ1v) is 6.59. The molecule has 0 aliphatic heterocycles.